The molecule has 0 amide bonds. The predicted molar refractivity (Wildman–Crippen MR) is 65.0 cm³/mol. The van der Waals surface area contributed by atoms with Crippen molar-refractivity contribution in [3.8, 4) is 12.3 Å². The molecule has 3 heteroatoms. The molecule has 2 saturated heterocycles. The van der Waals surface area contributed by atoms with Crippen molar-refractivity contribution in [2.24, 2.45) is 5.73 Å². The average molecular weight is 222 g/mol. The lowest BCUT2D eigenvalue weighted by Crippen LogP contribution is -2.52. The second-order valence-corrected chi connectivity index (χ2v) is 4.92. The van der Waals surface area contributed by atoms with Crippen molar-refractivity contribution in [1.29, 1.82) is 0 Å². The fraction of sp³-hybridized carbons (Fsp3) is 0.846. The molecular weight excluding hydrogens is 200 g/mol. The molecule has 0 spiro atoms. The van der Waals surface area contributed by atoms with Crippen LogP contribution in [0.15, 0.2) is 0 Å². The van der Waals surface area contributed by atoms with Gasteiger partial charge in [-0.25, -0.2) is 0 Å². The van der Waals surface area contributed by atoms with Gasteiger partial charge in [-0.15, -0.1) is 12.3 Å². The molecule has 3 atom stereocenters. The first-order valence-electron chi connectivity index (χ1n) is 6.36. The van der Waals surface area contributed by atoms with Gasteiger partial charge in [0.05, 0.1) is 12.7 Å². The number of unbranched alkanes of at least 4 members (excludes halogenated alkanes) is 1. The van der Waals surface area contributed by atoms with Gasteiger partial charge in [0.1, 0.15) is 0 Å². The lowest BCUT2D eigenvalue weighted by Gasteiger charge is -2.37. The lowest BCUT2D eigenvalue weighted by atomic mass is 10.0. The van der Waals surface area contributed by atoms with E-state index < -0.39 is 0 Å². The van der Waals surface area contributed by atoms with Crippen molar-refractivity contribution >= 4 is 0 Å². The molecule has 0 saturated carbocycles. The van der Waals surface area contributed by atoms with Crippen LogP contribution < -0.4 is 5.73 Å². The topological polar surface area (TPSA) is 38.5 Å². The van der Waals surface area contributed by atoms with Crippen LogP contribution in [0.3, 0.4) is 0 Å². The molecule has 2 heterocycles. The number of fused-ring (bicyclic) bond motifs is 1. The molecule has 0 bridgehead atoms. The molecule has 16 heavy (non-hydrogen) atoms. The number of ether oxygens (including phenoxy) is 1. The van der Waals surface area contributed by atoms with Crippen LogP contribution in [0.2, 0.25) is 0 Å². The van der Waals surface area contributed by atoms with Gasteiger partial charge in [-0.3, -0.25) is 4.90 Å². The number of rotatable bonds is 4. The van der Waals surface area contributed by atoms with Crippen molar-refractivity contribution < 1.29 is 4.74 Å². The lowest BCUT2D eigenvalue weighted by molar-refractivity contribution is -0.0601. The SMILES string of the molecule is C#CCCCC(N)C1CN2CCCC2CO1. The van der Waals surface area contributed by atoms with Crippen LogP contribution in [0.25, 0.3) is 0 Å². The highest BCUT2D eigenvalue weighted by atomic mass is 16.5. The normalized spacial score (nSPS) is 32.0. The van der Waals surface area contributed by atoms with Gasteiger partial charge >= 0.3 is 0 Å². The fourth-order valence-corrected chi connectivity index (χ4v) is 2.73. The molecule has 2 fully saturated rings. The summed E-state index contributed by atoms with van der Waals surface area (Å²) in [6.07, 6.45) is 10.9. The second-order valence-electron chi connectivity index (χ2n) is 4.92. The van der Waals surface area contributed by atoms with Crippen molar-refractivity contribution in [1.82, 2.24) is 4.90 Å². The van der Waals surface area contributed by atoms with Gasteiger partial charge in [0.2, 0.25) is 0 Å². The summed E-state index contributed by atoms with van der Waals surface area (Å²) < 4.78 is 5.87. The molecule has 0 aliphatic carbocycles. The van der Waals surface area contributed by atoms with E-state index in [9.17, 15) is 0 Å². The number of hydrogen-bond acceptors (Lipinski definition) is 3. The monoisotopic (exact) mass is 222 g/mol. The van der Waals surface area contributed by atoms with Crippen LogP contribution in [0.1, 0.15) is 32.1 Å². The third kappa shape index (κ3) is 2.76. The Hall–Kier alpha value is -0.560. The molecule has 0 radical (unpaired) electrons. The maximum absolute atomic E-state index is 6.15. The summed E-state index contributed by atoms with van der Waals surface area (Å²) in [7, 11) is 0. The summed E-state index contributed by atoms with van der Waals surface area (Å²) in [5, 5.41) is 0. The van der Waals surface area contributed by atoms with E-state index in [2.05, 4.69) is 10.8 Å². The first-order valence-corrected chi connectivity index (χ1v) is 6.36. The van der Waals surface area contributed by atoms with Gasteiger partial charge in [0.15, 0.2) is 0 Å². The minimum absolute atomic E-state index is 0.148. The van der Waals surface area contributed by atoms with Crippen LogP contribution in [-0.4, -0.2) is 42.8 Å². The van der Waals surface area contributed by atoms with Gasteiger partial charge < -0.3 is 10.5 Å². The van der Waals surface area contributed by atoms with E-state index in [1.807, 2.05) is 0 Å². The molecule has 2 aliphatic heterocycles. The zero-order valence-corrected chi connectivity index (χ0v) is 9.90. The van der Waals surface area contributed by atoms with E-state index in [1.54, 1.807) is 0 Å². The number of hydrogen-bond donors (Lipinski definition) is 1. The van der Waals surface area contributed by atoms with Gasteiger partial charge in [0.25, 0.3) is 0 Å². The van der Waals surface area contributed by atoms with Crippen molar-refractivity contribution in [2.45, 2.75) is 50.3 Å². The molecular formula is C13H22N2O. The van der Waals surface area contributed by atoms with E-state index in [4.69, 9.17) is 16.9 Å². The summed E-state index contributed by atoms with van der Waals surface area (Å²) >= 11 is 0. The molecule has 2 aliphatic rings. The highest BCUT2D eigenvalue weighted by molar-refractivity contribution is 4.90. The fourth-order valence-electron chi connectivity index (χ4n) is 2.73. The molecule has 90 valence electrons. The second kappa shape index (κ2) is 5.67. The average Bonchev–Trinajstić information content (AvgIpc) is 2.76. The Morgan fingerprint density at radius 3 is 3.25 bits per heavy atom. The molecule has 2 rings (SSSR count). The van der Waals surface area contributed by atoms with E-state index in [0.717, 1.165) is 32.4 Å². The third-order valence-electron chi connectivity index (χ3n) is 3.75. The predicted octanol–water partition coefficient (Wildman–Crippen LogP) is 0.980. The Morgan fingerprint density at radius 2 is 2.44 bits per heavy atom. The van der Waals surface area contributed by atoms with Crippen molar-refractivity contribution in [3.05, 3.63) is 0 Å². The summed E-state index contributed by atoms with van der Waals surface area (Å²) in [5.74, 6) is 2.66. The summed E-state index contributed by atoms with van der Waals surface area (Å²) in [6.45, 7) is 3.11. The standard InChI is InChI=1S/C13H22N2O/c1-2-3-4-7-12(14)13-9-15-8-5-6-11(15)10-16-13/h1,11-13H,3-10,14H2. The maximum Gasteiger partial charge on any atom is 0.0853 e. The van der Waals surface area contributed by atoms with Gasteiger partial charge in [-0.1, -0.05) is 0 Å². The largest absolute Gasteiger partial charge is 0.374 e. The van der Waals surface area contributed by atoms with E-state index >= 15 is 0 Å². The molecule has 2 N–H and O–H groups in total. The Morgan fingerprint density at radius 1 is 1.56 bits per heavy atom. The first kappa shape index (κ1) is 11.9. The van der Waals surface area contributed by atoms with Gasteiger partial charge in [0, 0.05) is 25.0 Å². The van der Waals surface area contributed by atoms with Crippen LogP contribution in [0.5, 0.6) is 0 Å². The van der Waals surface area contributed by atoms with Gasteiger partial charge in [-0.05, 0) is 32.2 Å². The van der Waals surface area contributed by atoms with Crippen LogP contribution >= 0.6 is 0 Å². The van der Waals surface area contributed by atoms with E-state index in [1.165, 1.54) is 19.4 Å². The van der Waals surface area contributed by atoms with Crippen LogP contribution in [0, 0.1) is 12.3 Å². The molecule has 0 aromatic carbocycles. The number of nitrogens with two attached hydrogens (primary N) is 1. The van der Waals surface area contributed by atoms with E-state index in [-0.39, 0.29) is 12.1 Å². The third-order valence-corrected chi connectivity index (χ3v) is 3.75. The quantitative estimate of drug-likeness (QED) is 0.569. The van der Waals surface area contributed by atoms with Crippen molar-refractivity contribution in [3.63, 3.8) is 0 Å². The van der Waals surface area contributed by atoms with Crippen LogP contribution in [0.4, 0.5) is 0 Å². The smallest absolute Gasteiger partial charge is 0.0853 e. The molecule has 3 unspecified atom stereocenters. The Bertz CT molecular complexity index is 261. The number of nitrogens with zero attached hydrogens (tertiary/aromatic N) is 1. The Labute approximate surface area is 98.3 Å². The summed E-state index contributed by atoms with van der Waals surface area (Å²) in [4.78, 5) is 2.54. The van der Waals surface area contributed by atoms with Gasteiger partial charge in [-0.2, -0.15) is 0 Å². The summed E-state index contributed by atoms with van der Waals surface area (Å²) in [5.41, 5.74) is 6.15. The van der Waals surface area contributed by atoms with E-state index in [0.29, 0.717) is 6.04 Å². The molecule has 3 nitrogen and oxygen atoms in total. The molecule has 0 aromatic heterocycles. The zero-order chi connectivity index (χ0) is 11.4. The number of terminal acetylenes is 1. The Kier molecular flexibility index (Phi) is 4.22. The van der Waals surface area contributed by atoms with Crippen LogP contribution in [-0.2, 0) is 4.74 Å². The molecule has 0 aromatic rings. The Balaban J connectivity index is 1.75. The zero-order valence-electron chi connectivity index (χ0n) is 9.90. The highest BCUT2D eigenvalue weighted by Crippen LogP contribution is 2.24. The highest BCUT2D eigenvalue weighted by Gasteiger charge is 2.34. The minimum Gasteiger partial charge on any atom is -0.374 e. The first-order chi connectivity index (χ1) is 7.81. The summed E-state index contributed by atoms with van der Waals surface area (Å²) in [6, 6.07) is 0.809. The maximum atomic E-state index is 6.15. The van der Waals surface area contributed by atoms with Crippen molar-refractivity contribution in [2.75, 3.05) is 19.7 Å². The minimum atomic E-state index is 0.148. The number of morpholine rings is 1.